The maximum atomic E-state index is 12.4. The summed E-state index contributed by atoms with van der Waals surface area (Å²) < 4.78 is 27.4. The highest BCUT2D eigenvalue weighted by Gasteiger charge is 2.17. The standard InChI is InChI=1S/C14H16ClN3O2S/c1-18(2)14-6-4-3-5-13(14)17-21(19,20)10-7-8-12(16)11(15)9-10/h3-9,17H,16H2,1-2H3. The predicted molar refractivity (Wildman–Crippen MR) is 87.4 cm³/mol. The molecule has 0 fully saturated rings. The summed E-state index contributed by atoms with van der Waals surface area (Å²) in [7, 11) is -0.0443. The molecule has 0 amide bonds. The van der Waals surface area contributed by atoms with E-state index < -0.39 is 10.0 Å². The fraction of sp³-hybridized carbons (Fsp3) is 0.143. The van der Waals surface area contributed by atoms with Gasteiger partial charge in [-0.2, -0.15) is 0 Å². The van der Waals surface area contributed by atoms with Gasteiger partial charge in [0.25, 0.3) is 10.0 Å². The Morgan fingerprint density at radius 3 is 2.43 bits per heavy atom. The number of nitrogens with one attached hydrogen (secondary N) is 1. The molecule has 0 aliphatic rings. The van der Waals surface area contributed by atoms with Crippen molar-refractivity contribution in [2.45, 2.75) is 4.90 Å². The van der Waals surface area contributed by atoms with Gasteiger partial charge in [-0.1, -0.05) is 23.7 Å². The number of hydrogen-bond donors (Lipinski definition) is 2. The van der Waals surface area contributed by atoms with Gasteiger partial charge in [-0.15, -0.1) is 0 Å². The van der Waals surface area contributed by atoms with Gasteiger partial charge in [0, 0.05) is 14.1 Å². The Kier molecular flexibility index (Phi) is 4.29. The lowest BCUT2D eigenvalue weighted by atomic mass is 10.2. The molecule has 0 aromatic heterocycles. The molecule has 0 saturated carbocycles. The van der Waals surface area contributed by atoms with E-state index in [1.54, 1.807) is 12.1 Å². The average molecular weight is 326 g/mol. The van der Waals surface area contributed by atoms with Gasteiger partial charge in [-0.25, -0.2) is 8.42 Å². The van der Waals surface area contributed by atoms with Crippen LogP contribution in [0.2, 0.25) is 5.02 Å². The number of nitrogens with zero attached hydrogens (tertiary/aromatic N) is 1. The lowest BCUT2D eigenvalue weighted by molar-refractivity contribution is 0.601. The first kappa shape index (κ1) is 15.5. The molecule has 3 N–H and O–H groups in total. The van der Waals surface area contributed by atoms with Crippen molar-refractivity contribution in [3.8, 4) is 0 Å². The molecule has 0 atom stereocenters. The predicted octanol–water partition coefficient (Wildman–Crippen LogP) is 2.79. The fourth-order valence-corrected chi connectivity index (χ4v) is 3.17. The van der Waals surface area contributed by atoms with E-state index >= 15 is 0 Å². The van der Waals surface area contributed by atoms with Crippen molar-refractivity contribution in [3.63, 3.8) is 0 Å². The number of nitrogens with two attached hydrogens (primary N) is 1. The zero-order chi connectivity index (χ0) is 15.6. The van der Waals surface area contributed by atoms with E-state index in [1.165, 1.54) is 18.2 Å². The molecule has 0 unspecified atom stereocenters. The molecule has 0 bridgehead atoms. The van der Waals surface area contributed by atoms with Crippen molar-refractivity contribution >= 4 is 38.7 Å². The quantitative estimate of drug-likeness (QED) is 0.848. The van der Waals surface area contributed by atoms with Crippen molar-refractivity contribution < 1.29 is 8.42 Å². The Hall–Kier alpha value is -1.92. The maximum Gasteiger partial charge on any atom is 0.262 e. The largest absolute Gasteiger partial charge is 0.398 e. The molecule has 0 aliphatic heterocycles. The summed E-state index contributed by atoms with van der Waals surface area (Å²) >= 11 is 5.88. The Bertz CT molecular complexity index is 761. The summed E-state index contributed by atoms with van der Waals surface area (Å²) in [4.78, 5) is 1.89. The monoisotopic (exact) mass is 325 g/mol. The van der Waals surface area contributed by atoms with Crippen LogP contribution in [0.25, 0.3) is 0 Å². The third-order valence-corrected chi connectivity index (χ3v) is 4.60. The minimum absolute atomic E-state index is 0.0651. The molecule has 0 spiro atoms. The first-order chi connectivity index (χ1) is 9.81. The van der Waals surface area contributed by atoms with E-state index in [2.05, 4.69) is 4.72 Å². The lowest BCUT2D eigenvalue weighted by Gasteiger charge is -2.18. The third-order valence-electron chi connectivity index (χ3n) is 2.91. The van der Waals surface area contributed by atoms with Crippen molar-refractivity contribution in [2.75, 3.05) is 29.5 Å². The molecule has 7 heteroatoms. The van der Waals surface area contributed by atoms with Gasteiger partial charge < -0.3 is 10.6 Å². The fourth-order valence-electron chi connectivity index (χ4n) is 1.83. The normalized spacial score (nSPS) is 11.2. The van der Waals surface area contributed by atoms with Crippen LogP contribution >= 0.6 is 11.6 Å². The highest BCUT2D eigenvalue weighted by atomic mass is 35.5. The highest BCUT2D eigenvalue weighted by molar-refractivity contribution is 7.92. The van der Waals surface area contributed by atoms with Crippen LogP contribution in [0.5, 0.6) is 0 Å². The van der Waals surface area contributed by atoms with Crippen LogP contribution < -0.4 is 15.4 Å². The van der Waals surface area contributed by atoms with Gasteiger partial charge in [0.1, 0.15) is 0 Å². The Labute approximate surface area is 129 Å². The molecule has 0 radical (unpaired) electrons. The van der Waals surface area contributed by atoms with E-state index in [0.717, 1.165) is 5.69 Å². The smallest absolute Gasteiger partial charge is 0.262 e. The molecule has 5 nitrogen and oxygen atoms in total. The van der Waals surface area contributed by atoms with Gasteiger partial charge >= 0.3 is 0 Å². The molecule has 0 heterocycles. The second-order valence-electron chi connectivity index (χ2n) is 4.70. The summed E-state index contributed by atoms with van der Waals surface area (Å²) in [5.41, 5.74) is 7.19. The van der Waals surface area contributed by atoms with E-state index in [1.807, 2.05) is 31.1 Å². The Morgan fingerprint density at radius 2 is 1.81 bits per heavy atom. The van der Waals surface area contributed by atoms with Crippen LogP contribution in [0.15, 0.2) is 47.4 Å². The van der Waals surface area contributed by atoms with Gasteiger partial charge in [0.2, 0.25) is 0 Å². The first-order valence-electron chi connectivity index (χ1n) is 6.15. The van der Waals surface area contributed by atoms with Crippen LogP contribution in [-0.4, -0.2) is 22.5 Å². The van der Waals surface area contributed by atoms with E-state index in [0.29, 0.717) is 11.4 Å². The summed E-state index contributed by atoms with van der Waals surface area (Å²) in [5, 5.41) is 0.207. The minimum atomic E-state index is -3.73. The Morgan fingerprint density at radius 1 is 1.14 bits per heavy atom. The molecule has 21 heavy (non-hydrogen) atoms. The van der Waals surface area contributed by atoms with E-state index in [9.17, 15) is 8.42 Å². The number of nitrogen functional groups attached to an aromatic ring is 1. The first-order valence-corrected chi connectivity index (χ1v) is 8.01. The number of halogens is 1. The van der Waals surface area contributed by atoms with Gasteiger partial charge in [0.05, 0.1) is 27.0 Å². The summed E-state index contributed by atoms with van der Waals surface area (Å²) in [6, 6.07) is 11.3. The SMILES string of the molecule is CN(C)c1ccccc1NS(=O)(=O)c1ccc(N)c(Cl)c1. The van der Waals surface area contributed by atoms with Gasteiger partial charge in [-0.05, 0) is 30.3 Å². The van der Waals surface area contributed by atoms with Crippen LogP contribution in [0.1, 0.15) is 0 Å². The zero-order valence-electron chi connectivity index (χ0n) is 11.7. The maximum absolute atomic E-state index is 12.4. The number of sulfonamides is 1. The molecule has 112 valence electrons. The average Bonchev–Trinajstić information content (AvgIpc) is 2.41. The van der Waals surface area contributed by atoms with Crippen LogP contribution in [0, 0.1) is 0 Å². The number of anilines is 3. The van der Waals surface area contributed by atoms with E-state index in [4.69, 9.17) is 17.3 Å². The van der Waals surface area contributed by atoms with E-state index in [-0.39, 0.29) is 9.92 Å². The zero-order valence-corrected chi connectivity index (χ0v) is 13.2. The second-order valence-corrected chi connectivity index (χ2v) is 6.79. The van der Waals surface area contributed by atoms with Crippen molar-refractivity contribution in [2.24, 2.45) is 0 Å². The molecular formula is C14H16ClN3O2S. The summed E-state index contributed by atoms with van der Waals surface area (Å²) in [6.07, 6.45) is 0. The summed E-state index contributed by atoms with van der Waals surface area (Å²) in [5.74, 6) is 0. The number of para-hydroxylation sites is 2. The van der Waals surface area contributed by atoms with Crippen LogP contribution in [0.3, 0.4) is 0 Å². The summed E-state index contributed by atoms with van der Waals surface area (Å²) in [6.45, 7) is 0. The molecule has 2 aromatic carbocycles. The lowest BCUT2D eigenvalue weighted by Crippen LogP contribution is -2.17. The van der Waals surface area contributed by atoms with Crippen LogP contribution in [0.4, 0.5) is 17.1 Å². The van der Waals surface area contributed by atoms with Crippen molar-refractivity contribution in [1.82, 2.24) is 0 Å². The molecule has 0 saturated heterocycles. The number of hydrogen-bond acceptors (Lipinski definition) is 4. The highest BCUT2D eigenvalue weighted by Crippen LogP contribution is 2.28. The molecular weight excluding hydrogens is 310 g/mol. The second kappa shape index (κ2) is 5.83. The van der Waals surface area contributed by atoms with Gasteiger partial charge in [-0.3, -0.25) is 4.72 Å². The van der Waals surface area contributed by atoms with Crippen LogP contribution in [-0.2, 0) is 10.0 Å². The minimum Gasteiger partial charge on any atom is -0.398 e. The topological polar surface area (TPSA) is 75.4 Å². The molecule has 0 aliphatic carbocycles. The number of benzene rings is 2. The van der Waals surface area contributed by atoms with Crippen molar-refractivity contribution in [3.05, 3.63) is 47.5 Å². The Balaban J connectivity index is 2.40. The molecule has 2 rings (SSSR count). The molecule has 2 aromatic rings. The van der Waals surface area contributed by atoms with Gasteiger partial charge in [0.15, 0.2) is 0 Å². The van der Waals surface area contributed by atoms with Crippen molar-refractivity contribution in [1.29, 1.82) is 0 Å². The third kappa shape index (κ3) is 3.40. The number of rotatable bonds is 4.